The minimum Gasteiger partial charge on any atom is -0.477 e. The van der Waals surface area contributed by atoms with Gasteiger partial charge in [0.1, 0.15) is 0 Å². The van der Waals surface area contributed by atoms with Gasteiger partial charge in [0, 0.05) is 36.7 Å². The van der Waals surface area contributed by atoms with Crippen molar-refractivity contribution >= 4 is 16.0 Å². The van der Waals surface area contributed by atoms with Crippen molar-refractivity contribution in [2.45, 2.75) is 51.3 Å². The average Bonchev–Trinajstić information content (AvgIpc) is 3.30. The lowest BCUT2D eigenvalue weighted by Gasteiger charge is -2.28. The van der Waals surface area contributed by atoms with E-state index in [1.807, 2.05) is 57.6 Å². The zero-order valence-electron chi connectivity index (χ0n) is 23.0. The predicted molar refractivity (Wildman–Crippen MR) is 152 cm³/mol. The zero-order chi connectivity index (χ0) is 27.7. The summed E-state index contributed by atoms with van der Waals surface area (Å²) in [6.07, 6.45) is 5.77. The quantitative estimate of drug-likeness (QED) is 0.337. The number of anilines is 1. The van der Waals surface area contributed by atoms with Gasteiger partial charge in [0.25, 0.3) is 10.0 Å². The van der Waals surface area contributed by atoms with E-state index in [1.165, 1.54) is 0 Å². The molecule has 4 aromatic rings. The summed E-state index contributed by atoms with van der Waals surface area (Å²) < 4.78 is 37.9. The van der Waals surface area contributed by atoms with Crippen LogP contribution in [0.4, 0.5) is 5.95 Å². The van der Waals surface area contributed by atoms with Crippen molar-refractivity contribution < 1.29 is 13.2 Å². The standard InChI is InChI=1S/C30H35N5O3S/c1-19(2)12-13-23-18-38-27-15-26(28-20(3)8-6-9-21(28)4)32-30(33-27)34-39(36,37)25-11-7-10-22(14-25)29(23)24-16-31-35(5)17-24/h6-11,14-17,19,23,29H,12-13,18H2,1-5H3,(H,32,33,34)/t23-,29?/m1/s1. The number of hydrogen-bond donors (Lipinski definition) is 1. The summed E-state index contributed by atoms with van der Waals surface area (Å²) in [6, 6.07) is 15.0. The summed E-state index contributed by atoms with van der Waals surface area (Å²) in [5, 5.41) is 4.43. The number of aryl methyl sites for hydroxylation is 3. The third-order valence-corrected chi connectivity index (χ3v) is 8.63. The number of nitrogens with zero attached hydrogens (tertiary/aromatic N) is 4. The van der Waals surface area contributed by atoms with E-state index in [0.717, 1.165) is 40.7 Å². The molecule has 0 saturated carbocycles. The van der Waals surface area contributed by atoms with Crippen molar-refractivity contribution in [3.8, 4) is 17.1 Å². The molecule has 39 heavy (non-hydrogen) atoms. The van der Waals surface area contributed by atoms with Gasteiger partial charge >= 0.3 is 0 Å². The second-order valence-corrected chi connectivity index (χ2v) is 12.5. The third kappa shape index (κ3) is 5.83. The van der Waals surface area contributed by atoms with Crippen molar-refractivity contribution in [3.63, 3.8) is 0 Å². The molecule has 0 fully saturated rings. The van der Waals surface area contributed by atoms with Gasteiger partial charge in [-0.1, -0.05) is 50.6 Å². The van der Waals surface area contributed by atoms with Crippen LogP contribution in [0.15, 0.2) is 65.8 Å². The molecule has 4 bridgehead atoms. The summed E-state index contributed by atoms with van der Waals surface area (Å²) in [7, 11) is -2.07. The van der Waals surface area contributed by atoms with E-state index >= 15 is 0 Å². The van der Waals surface area contributed by atoms with Gasteiger partial charge in [-0.25, -0.2) is 18.1 Å². The summed E-state index contributed by atoms with van der Waals surface area (Å²) >= 11 is 0. The maximum absolute atomic E-state index is 13.6. The van der Waals surface area contributed by atoms with E-state index in [1.54, 1.807) is 28.9 Å². The molecule has 0 amide bonds. The fourth-order valence-corrected chi connectivity index (χ4v) is 6.37. The van der Waals surface area contributed by atoms with Crippen LogP contribution in [-0.4, -0.2) is 34.8 Å². The first-order valence-electron chi connectivity index (χ1n) is 13.3. The Hall–Kier alpha value is -3.72. The van der Waals surface area contributed by atoms with E-state index in [2.05, 4.69) is 33.6 Å². The maximum atomic E-state index is 13.6. The highest BCUT2D eigenvalue weighted by molar-refractivity contribution is 7.92. The van der Waals surface area contributed by atoms with Crippen LogP contribution in [0.25, 0.3) is 11.3 Å². The Labute approximate surface area is 230 Å². The van der Waals surface area contributed by atoms with E-state index in [0.29, 0.717) is 24.1 Å². The molecular formula is C30H35N5O3S. The largest absolute Gasteiger partial charge is 0.477 e. The lowest BCUT2D eigenvalue weighted by Crippen LogP contribution is -2.24. The highest BCUT2D eigenvalue weighted by Gasteiger charge is 2.30. The molecule has 1 aliphatic heterocycles. The Morgan fingerprint density at radius 2 is 1.79 bits per heavy atom. The van der Waals surface area contributed by atoms with E-state index in [4.69, 9.17) is 4.74 Å². The van der Waals surface area contributed by atoms with Crippen LogP contribution in [0.1, 0.15) is 54.9 Å². The number of benzene rings is 2. The molecule has 9 heteroatoms. The monoisotopic (exact) mass is 545 g/mol. The van der Waals surface area contributed by atoms with Gasteiger partial charge in [0.2, 0.25) is 11.8 Å². The number of hydrogen-bond acceptors (Lipinski definition) is 6. The van der Waals surface area contributed by atoms with Crippen LogP contribution in [0.5, 0.6) is 5.88 Å². The van der Waals surface area contributed by atoms with Gasteiger partial charge < -0.3 is 4.74 Å². The molecule has 2 aromatic heterocycles. The van der Waals surface area contributed by atoms with Crippen LogP contribution in [0.3, 0.4) is 0 Å². The Morgan fingerprint density at radius 3 is 2.49 bits per heavy atom. The van der Waals surface area contributed by atoms with Gasteiger partial charge in [-0.05, 0) is 60.6 Å². The summed E-state index contributed by atoms with van der Waals surface area (Å²) in [5.74, 6) is 0.788. The number of nitrogens with one attached hydrogen (secondary N) is 1. The fourth-order valence-electron chi connectivity index (χ4n) is 5.37. The molecule has 5 rings (SSSR count). The molecule has 2 atom stereocenters. The van der Waals surface area contributed by atoms with Crippen molar-refractivity contribution in [3.05, 3.63) is 83.2 Å². The van der Waals surface area contributed by atoms with Crippen molar-refractivity contribution in [1.82, 2.24) is 19.7 Å². The van der Waals surface area contributed by atoms with Crippen molar-refractivity contribution in [2.75, 3.05) is 11.3 Å². The number of sulfonamides is 1. The Bertz CT molecular complexity index is 1580. The van der Waals surface area contributed by atoms with Gasteiger partial charge in [-0.3, -0.25) is 4.68 Å². The molecule has 0 radical (unpaired) electrons. The predicted octanol–water partition coefficient (Wildman–Crippen LogP) is 5.87. The zero-order valence-corrected chi connectivity index (χ0v) is 23.9. The minimum atomic E-state index is -3.96. The van der Waals surface area contributed by atoms with Gasteiger partial charge in [-0.15, -0.1) is 0 Å². The molecule has 204 valence electrons. The first-order chi connectivity index (χ1) is 18.6. The minimum absolute atomic E-state index is 0.0151. The Kier molecular flexibility index (Phi) is 7.44. The van der Waals surface area contributed by atoms with Gasteiger partial charge in [-0.2, -0.15) is 10.1 Å². The topological polar surface area (TPSA) is 99.0 Å². The first-order valence-corrected chi connectivity index (χ1v) is 14.8. The smallest absolute Gasteiger partial charge is 0.264 e. The molecule has 1 N–H and O–H groups in total. The molecule has 2 aromatic carbocycles. The Morgan fingerprint density at radius 1 is 1.05 bits per heavy atom. The lowest BCUT2D eigenvalue weighted by molar-refractivity contribution is 0.211. The van der Waals surface area contributed by atoms with Crippen LogP contribution in [0.2, 0.25) is 0 Å². The second-order valence-electron chi connectivity index (χ2n) is 10.8. The summed E-state index contributed by atoms with van der Waals surface area (Å²) in [6.45, 7) is 8.85. The molecule has 8 nitrogen and oxygen atoms in total. The molecule has 0 aliphatic carbocycles. The van der Waals surface area contributed by atoms with Crippen molar-refractivity contribution in [2.24, 2.45) is 18.9 Å². The first kappa shape index (κ1) is 26.9. The molecule has 0 spiro atoms. The van der Waals surface area contributed by atoms with Crippen LogP contribution in [-0.2, 0) is 17.1 Å². The number of aromatic nitrogens is 4. The fraction of sp³-hybridized carbons (Fsp3) is 0.367. The van der Waals surface area contributed by atoms with Crippen LogP contribution in [0, 0.1) is 25.7 Å². The van der Waals surface area contributed by atoms with Crippen LogP contribution < -0.4 is 9.46 Å². The molecule has 3 heterocycles. The van der Waals surface area contributed by atoms with E-state index in [-0.39, 0.29) is 22.7 Å². The summed E-state index contributed by atoms with van der Waals surface area (Å²) in [4.78, 5) is 9.26. The van der Waals surface area contributed by atoms with Gasteiger partial charge in [0.15, 0.2) is 0 Å². The average molecular weight is 546 g/mol. The number of ether oxygens (including phenoxy) is 1. The number of fused-ring (bicyclic) bond motifs is 4. The maximum Gasteiger partial charge on any atom is 0.264 e. The molecule has 1 aliphatic rings. The molecule has 0 saturated heterocycles. The third-order valence-electron chi connectivity index (χ3n) is 7.31. The Balaban J connectivity index is 1.68. The van der Waals surface area contributed by atoms with E-state index < -0.39 is 10.0 Å². The lowest BCUT2D eigenvalue weighted by atomic mass is 9.79. The van der Waals surface area contributed by atoms with Crippen molar-refractivity contribution in [1.29, 1.82) is 0 Å². The number of rotatable bonds is 5. The summed E-state index contributed by atoms with van der Waals surface area (Å²) in [5.41, 5.74) is 5.55. The van der Waals surface area contributed by atoms with E-state index in [9.17, 15) is 8.42 Å². The van der Waals surface area contributed by atoms with Gasteiger partial charge in [0.05, 0.1) is 23.4 Å². The normalized spacial score (nSPS) is 18.5. The molecular weight excluding hydrogens is 510 g/mol. The highest BCUT2D eigenvalue weighted by Crippen LogP contribution is 2.38. The highest BCUT2D eigenvalue weighted by atomic mass is 32.2. The SMILES string of the molecule is Cc1cccc(C)c1-c1cc2nc(n1)NS(=O)(=O)c1cccc(c1)C(c1cnn(C)c1)[C@H](CCC(C)C)CO2. The molecule has 1 unspecified atom stereocenters. The van der Waals surface area contributed by atoms with Crippen LogP contribution >= 0.6 is 0 Å². The second kappa shape index (κ2) is 10.8.